The average molecular weight is 273 g/mol. The smallest absolute Gasteiger partial charge is 0.161 e. The minimum absolute atomic E-state index is 0.249. The Hall–Kier alpha value is -2.00. The van der Waals surface area contributed by atoms with Crippen LogP contribution in [0.1, 0.15) is 5.56 Å². The lowest BCUT2D eigenvalue weighted by Crippen LogP contribution is -1.94. The van der Waals surface area contributed by atoms with E-state index < -0.39 is 5.82 Å². The molecule has 94 valence electrons. The van der Waals surface area contributed by atoms with Crippen LogP contribution in [-0.2, 0) is 0 Å². The van der Waals surface area contributed by atoms with Crippen molar-refractivity contribution in [2.45, 2.75) is 6.92 Å². The van der Waals surface area contributed by atoms with Gasteiger partial charge in [-0.2, -0.15) is 0 Å². The van der Waals surface area contributed by atoms with Gasteiger partial charge in [0.25, 0.3) is 0 Å². The maximum absolute atomic E-state index is 13.8. The lowest BCUT2D eigenvalue weighted by molar-refractivity contribution is 0.636. The Morgan fingerprint density at radius 2 is 1.84 bits per heavy atom. The molecular formula is C15H10ClFN2. The van der Waals surface area contributed by atoms with Crippen LogP contribution in [0.25, 0.3) is 22.3 Å². The van der Waals surface area contributed by atoms with E-state index >= 15 is 0 Å². The van der Waals surface area contributed by atoms with Crippen LogP contribution in [0.3, 0.4) is 0 Å². The van der Waals surface area contributed by atoms with E-state index in [0.29, 0.717) is 11.2 Å². The van der Waals surface area contributed by atoms with Crippen LogP contribution >= 0.6 is 11.6 Å². The number of benzene rings is 2. The molecular weight excluding hydrogens is 263 g/mol. The quantitative estimate of drug-likeness (QED) is 0.614. The van der Waals surface area contributed by atoms with Crippen LogP contribution in [0.4, 0.5) is 4.39 Å². The third-order valence-corrected chi connectivity index (χ3v) is 3.20. The molecule has 0 saturated heterocycles. The monoisotopic (exact) mass is 272 g/mol. The fraction of sp³-hybridized carbons (Fsp3) is 0.0667. The van der Waals surface area contributed by atoms with Crippen LogP contribution in [-0.4, -0.2) is 9.97 Å². The molecule has 0 amide bonds. The highest BCUT2D eigenvalue weighted by Crippen LogP contribution is 2.26. The highest BCUT2D eigenvalue weighted by molar-refractivity contribution is 6.34. The Balaban J connectivity index is 2.29. The average Bonchev–Trinajstić information content (AvgIpc) is 2.40. The lowest BCUT2D eigenvalue weighted by Gasteiger charge is -2.05. The normalized spacial score (nSPS) is 10.9. The number of nitrogens with zero attached hydrogens (tertiary/aromatic N) is 2. The van der Waals surface area contributed by atoms with Gasteiger partial charge in [0.15, 0.2) is 5.82 Å². The predicted octanol–water partition coefficient (Wildman–Crippen LogP) is 4.40. The van der Waals surface area contributed by atoms with Gasteiger partial charge < -0.3 is 0 Å². The zero-order valence-electron chi connectivity index (χ0n) is 10.2. The summed E-state index contributed by atoms with van der Waals surface area (Å²) in [4.78, 5) is 8.52. The van der Waals surface area contributed by atoms with Crippen LogP contribution < -0.4 is 0 Å². The molecule has 0 spiro atoms. The predicted molar refractivity (Wildman–Crippen MR) is 74.7 cm³/mol. The number of hydrogen-bond donors (Lipinski definition) is 0. The summed E-state index contributed by atoms with van der Waals surface area (Å²) in [5.41, 5.74) is 2.16. The zero-order chi connectivity index (χ0) is 13.4. The largest absolute Gasteiger partial charge is 0.225 e. The summed E-state index contributed by atoms with van der Waals surface area (Å²) in [5.74, 6) is 0.0435. The maximum atomic E-state index is 13.8. The third-order valence-electron chi connectivity index (χ3n) is 2.91. The first-order valence-electron chi connectivity index (χ1n) is 5.84. The standard InChI is InChI=1S/C15H10ClFN2/c1-9-4-2-5-10(8-9)15-18-13-11(14(16)19-15)6-3-7-12(13)17/h2-8H,1H3. The van der Waals surface area contributed by atoms with Crippen molar-refractivity contribution in [3.05, 3.63) is 59.0 Å². The fourth-order valence-corrected chi connectivity index (χ4v) is 2.23. The van der Waals surface area contributed by atoms with E-state index in [0.717, 1.165) is 11.1 Å². The Bertz CT molecular complexity index is 771. The molecule has 0 unspecified atom stereocenters. The molecule has 0 atom stereocenters. The summed E-state index contributed by atoms with van der Waals surface area (Å²) >= 11 is 6.11. The topological polar surface area (TPSA) is 25.8 Å². The Morgan fingerprint density at radius 3 is 2.63 bits per heavy atom. The van der Waals surface area contributed by atoms with Gasteiger partial charge in [0.1, 0.15) is 16.5 Å². The minimum atomic E-state index is -0.393. The van der Waals surface area contributed by atoms with Gasteiger partial charge in [-0.1, -0.05) is 41.4 Å². The van der Waals surface area contributed by atoms with Crippen molar-refractivity contribution in [1.29, 1.82) is 0 Å². The molecule has 0 aliphatic rings. The first kappa shape index (κ1) is 12.1. The molecule has 3 rings (SSSR count). The van der Waals surface area contributed by atoms with Crippen molar-refractivity contribution < 1.29 is 4.39 Å². The van der Waals surface area contributed by atoms with E-state index in [-0.39, 0.29) is 10.7 Å². The molecule has 4 heteroatoms. The first-order chi connectivity index (χ1) is 9.15. The number of rotatable bonds is 1. The zero-order valence-corrected chi connectivity index (χ0v) is 10.9. The molecule has 3 aromatic rings. The van der Waals surface area contributed by atoms with Crippen molar-refractivity contribution in [3.63, 3.8) is 0 Å². The fourth-order valence-electron chi connectivity index (χ4n) is 1.99. The highest BCUT2D eigenvalue weighted by atomic mass is 35.5. The molecule has 1 aromatic heterocycles. The number of aromatic nitrogens is 2. The van der Waals surface area contributed by atoms with Gasteiger partial charge in [0, 0.05) is 10.9 Å². The second-order valence-corrected chi connectivity index (χ2v) is 4.70. The van der Waals surface area contributed by atoms with E-state index in [4.69, 9.17) is 11.6 Å². The molecule has 1 heterocycles. The Labute approximate surface area is 114 Å². The van der Waals surface area contributed by atoms with Crippen LogP contribution in [0, 0.1) is 12.7 Å². The summed E-state index contributed by atoms with van der Waals surface area (Å²) in [6.45, 7) is 1.98. The van der Waals surface area contributed by atoms with Crippen LogP contribution in [0.2, 0.25) is 5.15 Å². The summed E-state index contributed by atoms with van der Waals surface area (Å²) in [7, 11) is 0. The van der Waals surface area contributed by atoms with Gasteiger partial charge in [-0.05, 0) is 25.1 Å². The molecule has 0 N–H and O–H groups in total. The molecule has 2 aromatic carbocycles. The second-order valence-electron chi connectivity index (χ2n) is 4.34. The summed E-state index contributed by atoms with van der Waals surface area (Å²) < 4.78 is 13.8. The number of fused-ring (bicyclic) bond motifs is 1. The van der Waals surface area contributed by atoms with E-state index in [9.17, 15) is 4.39 Å². The van der Waals surface area contributed by atoms with E-state index in [1.165, 1.54) is 6.07 Å². The summed E-state index contributed by atoms with van der Waals surface area (Å²) in [6, 6.07) is 12.4. The molecule has 0 radical (unpaired) electrons. The molecule has 2 nitrogen and oxygen atoms in total. The van der Waals surface area contributed by atoms with E-state index in [1.54, 1.807) is 12.1 Å². The number of hydrogen-bond acceptors (Lipinski definition) is 2. The van der Waals surface area contributed by atoms with Crippen molar-refractivity contribution in [1.82, 2.24) is 9.97 Å². The molecule has 19 heavy (non-hydrogen) atoms. The van der Waals surface area contributed by atoms with Crippen LogP contribution in [0.15, 0.2) is 42.5 Å². The number of aryl methyl sites for hydroxylation is 1. The van der Waals surface area contributed by atoms with E-state index in [1.807, 2.05) is 31.2 Å². The SMILES string of the molecule is Cc1cccc(-c2nc(Cl)c3cccc(F)c3n2)c1. The second kappa shape index (κ2) is 4.59. The Kier molecular flexibility index (Phi) is 2.91. The van der Waals surface area contributed by atoms with Crippen LogP contribution in [0.5, 0.6) is 0 Å². The minimum Gasteiger partial charge on any atom is -0.225 e. The summed E-state index contributed by atoms with van der Waals surface area (Å²) in [5, 5.41) is 0.791. The number of halogens is 2. The molecule has 0 saturated carbocycles. The van der Waals surface area contributed by atoms with Crippen molar-refractivity contribution in [2.24, 2.45) is 0 Å². The van der Waals surface area contributed by atoms with Gasteiger partial charge in [0.2, 0.25) is 0 Å². The first-order valence-corrected chi connectivity index (χ1v) is 6.22. The van der Waals surface area contributed by atoms with E-state index in [2.05, 4.69) is 9.97 Å². The maximum Gasteiger partial charge on any atom is 0.161 e. The van der Waals surface area contributed by atoms with Gasteiger partial charge in [0.05, 0.1) is 0 Å². The summed E-state index contributed by atoms with van der Waals surface area (Å²) in [6.07, 6.45) is 0. The van der Waals surface area contributed by atoms with Gasteiger partial charge in [-0.15, -0.1) is 0 Å². The van der Waals surface area contributed by atoms with Crippen molar-refractivity contribution in [2.75, 3.05) is 0 Å². The van der Waals surface area contributed by atoms with Gasteiger partial charge in [-0.3, -0.25) is 0 Å². The van der Waals surface area contributed by atoms with Gasteiger partial charge in [-0.25, -0.2) is 14.4 Å². The molecule has 0 aliphatic heterocycles. The third kappa shape index (κ3) is 2.17. The lowest BCUT2D eigenvalue weighted by atomic mass is 10.1. The highest BCUT2D eigenvalue weighted by Gasteiger charge is 2.10. The number of para-hydroxylation sites is 1. The molecule has 0 aliphatic carbocycles. The molecule has 0 bridgehead atoms. The van der Waals surface area contributed by atoms with Crippen molar-refractivity contribution in [3.8, 4) is 11.4 Å². The van der Waals surface area contributed by atoms with Gasteiger partial charge >= 0.3 is 0 Å². The van der Waals surface area contributed by atoms with Crippen molar-refractivity contribution >= 4 is 22.5 Å². The Morgan fingerprint density at radius 1 is 1.05 bits per heavy atom. The molecule has 0 fully saturated rings.